The summed E-state index contributed by atoms with van der Waals surface area (Å²) in [6.07, 6.45) is 3.04. The largest absolute Gasteiger partial charge is 0.462 e. The molecule has 1 saturated heterocycles. The van der Waals surface area contributed by atoms with E-state index >= 15 is 8.78 Å². The third-order valence-electron chi connectivity index (χ3n) is 5.01. The van der Waals surface area contributed by atoms with Gasteiger partial charge in [-0.25, -0.2) is 14.3 Å². The smallest absolute Gasteiger partial charge is 0.347 e. The average molecular weight is 562 g/mol. The van der Waals surface area contributed by atoms with Gasteiger partial charge in [0.25, 0.3) is 0 Å². The van der Waals surface area contributed by atoms with Gasteiger partial charge in [-0.3, -0.25) is 19.1 Å². The number of aromatic nitrogens is 2. The second-order valence-corrected chi connectivity index (χ2v) is 11.4. The van der Waals surface area contributed by atoms with E-state index in [1.807, 2.05) is 0 Å². The van der Waals surface area contributed by atoms with Crippen molar-refractivity contribution in [3.63, 3.8) is 0 Å². The van der Waals surface area contributed by atoms with E-state index in [0.29, 0.717) is 5.75 Å². The van der Waals surface area contributed by atoms with Crippen LogP contribution in [0.2, 0.25) is 0 Å². The predicted molar refractivity (Wildman–Crippen MR) is 136 cm³/mol. The number of ether oxygens (including phenoxy) is 3. The van der Waals surface area contributed by atoms with Crippen LogP contribution in [0, 0.1) is 4.64 Å². The molecule has 1 aliphatic rings. The Morgan fingerprint density at radius 2 is 2.00 bits per heavy atom. The fourth-order valence-electron chi connectivity index (χ4n) is 3.28. The van der Waals surface area contributed by atoms with Crippen LogP contribution in [0.15, 0.2) is 47.4 Å². The Hall–Kier alpha value is -2.41. The maximum atomic E-state index is 15.7. The van der Waals surface area contributed by atoms with Crippen molar-refractivity contribution in [3.8, 4) is 5.75 Å². The van der Waals surface area contributed by atoms with Crippen LogP contribution < -0.4 is 15.3 Å². The standard InChI is InChI=1S/C23H30F2N3O7PS/c1-15(2)33-19(29)16(3)27-36(5,35-17-9-7-6-8-10-17)32-14-23(25)31-13-22(4,24)20(34-23)28-12-11-18(37)26-21(28)30/h6-12,15-16,20,27H,5,13-14H2,1-4H3,(H,26,30,37)/t16-,20+,22?,23-,36?/m0/s1. The molecule has 10 nitrogen and oxygen atoms in total. The monoisotopic (exact) mass is 561 g/mol. The number of hydrogen-bond acceptors (Lipinski definition) is 9. The van der Waals surface area contributed by atoms with Gasteiger partial charge >= 0.3 is 17.7 Å². The van der Waals surface area contributed by atoms with E-state index in [1.165, 1.54) is 19.2 Å². The first-order chi connectivity index (χ1) is 17.2. The molecule has 1 aromatic carbocycles. The van der Waals surface area contributed by atoms with Gasteiger partial charge in [-0.1, -0.05) is 30.4 Å². The lowest BCUT2D eigenvalue weighted by atomic mass is 10.1. The summed E-state index contributed by atoms with van der Waals surface area (Å²) in [5, 5.41) is 2.84. The van der Waals surface area contributed by atoms with Crippen LogP contribution >= 0.6 is 19.7 Å². The van der Waals surface area contributed by atoms with Gasteiger partial charge in [-0.2, -0.15) is 4.39 Å². The molecule has 2 aromatic rings. The van der Waals surface area contributed by atoms with Crippen LogP contribution in [0.5, 0.6) is 5.75 Å². The Balaban J connectivity index is 1.82. The minimum Gasteiger partial charge on any atom is -0.462 e. The number of nitrogens with zero attached hydrogens (tertiary/aromatic N) is 1. The van der Waals surface area contributed by atoms with Gasteiger partial charge in [-0.15, -0.1) is 0 Å². The lowest BCUT2D eigenvalue weighted by Gasteiger charge is -2.42. The number of carbonyl (C=O) groups is 1. The van der Waals surface area contributed by atoms with E-state index in [1.54, 1.807) is 44.2 Å². The number of halogens is 2. The van der Waals surface area contributed by atoms with Crippen LogP contribution in [0.4, 0.5) is 8.78 Å². The van der Waals surface area contributed by atoms with Gasteiger partial charge in [0.05, 0.1) is 12.7 Å². The molecule has 1 fully saturated rings. The SMILES string of the molecule is C=P(N[C@@H](C)C(=O)OC(C)C)(OC[C@]1(F)OCC(C)(F)[C@H](n2ccc(=S)[nH]c2=O)O1)Oc1ccccc1. The molecule has 0 amide bonds. The zero-order valence-corrected chi connectivity index (χ0v) is 22.5. The normalized spacial score (nSPS) is 26.3. The number of carbonyl (C=O) groups excluding carboxylic acids is 1. The third kappa shape index (κ3) is 7.79. The van der Waals surface area contributed by atoms with E-state index < -0.39 is 56.3 Å². The molecule has 5 atom stereocenters. The first-order valence-electron chi connectivity index (χ1n) is 11.3. The lowest BCUT2D eigenvalue weighted by Crippen LogP contribution is -2.55. The quantitative estimate of drug-likeness (QED) is 0.252. The van der Waals surface area contributed by atoms with Crippen LogP contribution in [-0.2, 0) is 23.5 Å². The minimum atomic E-state index is -3.48. The number of hydrogen-bond donors (Lipinski definition) is 2. The molecule has 204 valence electrons. The topological polar surface area (TPSA) is 113 Å². The van der Waals surface area contributed by atoms with E-state index in [2.05, 4.69) is 16.4 Å². The lowest BCUT2D eigenvalue weighted by molar-refractivity contribution is -0.411. The van der Waals surface area contributed by atoms with Gasteiger partial charge in [0.2, 0.25) is 7.49 Å². The van der Waals surface area contributed by atoms with E-state index in [-0.39, 0.29) is 10.7 Å². The molecule has 3 rings (SSSR count). The molecule has 37 heavy (non-hydrogen) atoms. The molecular weight excluding hydrogens is 531 g/mol. The zero-order valence-electron chi connectivity index (χ0n) is 20.8. The average Bonchev–Trinajstić information content (AvgIpc) is 2.80. The van der Waals surface area contributed by atoms with Gasteiger partial charge in [0, 0.05) is 6.20 Å². The highest BCUT2D eigenvalue weighted by molar-refractivity contribution is 7.71. The summed E-state index contributed by atoms with van der Waals surface area (Å²) in [5.74, 6) is -0.265. The molecule has 2 unspecified atom stereocenters. The number of alkyl halides is 2. The van der Waals surface area contributed by atoms with Crippen molar-refractivity contribution in [2.45, 2.75) is 57.8 Å². The van der Waals surface area contributed by atoms with Crippen molar-refractivity contribution in [1.29, 1.82) is 0 Å². The molecule has 0 bridgehead atoms. The molecule has 0 saturated carbocycles. The molecule has 2 N–H and O–H groups in total. The van der Waals surface area contributed by atoms with Crippen molar-refractivity contribution in [3.05, 3.63) is 57.7 Å². The molecule has 0 aliphatic carbocycles. The van der Waals surface area contributed by atoms with Crippen LogP contribution in [0.3, 0.4) is 0 Å². The fraction of sp³-hybridized carbons (Fsp3) is 0.478. The van der Waals surface area contributed by atoms with Gasteiger partial charge in [0.1, 0.15) is 23.0 Å². The molecule has 1 aromatic heterocycles. The number of rotatable bonds is 10. The van der Waals surface area contributed by atoms with Crippen molar-refractivity contribution in [2.75, 3.05) is 13.2 Å². The highest BCUT2D eigenvalue weighted by atomic mass is 32.1. The summed E-state index contributed by atoms with van der Waals surface area (Å²) in [7, 11) is -3.48. The van der Waals surface area contributed by atoms with Crippen molar-refractivity contribution in [2.24, 2.45) is 0 Å². The Morgan fingerprint density at radius 3 is 2.62 bits per heavy atom. The molecule has 0 spiro atoms. The number of benzene rings is 1. The molecule has 0 radical (unpaired) electrons. The van der Waals surface area contributed by atoms with E-state index in [9.17, 15) is 9.59 Å². The highest BCUT2D eigenvalue weighted by Crippen LogP contribution is 2.47. The zero-order chi connectivity index (χ0) is 27.4. The van der Waals surface area contributed by atoms with Gasteiger partial charge in [-0.05, 0) is 52.2 Å². The fourth-order valence-corrected chi connectivity index (χ4v) is 5.13. The first kappa shape index (κ1) is 29.2. The summed E-state index contributed by atoms with van der Waals surface area (Å²) >= 11 is 4.90. The van der Waals surface area contributed by atoms with Crippen molar-refractivity contribution < 1.29 is 36.8 Å². The number of aromatic amines is 1. The number of para-hydroxylation sites is 1. The predicted octanol–water partition coefficient (Wildman–Crippen LogP) is 4.02. The maximum absolute atomic E-state index is 15.7. The summed E-state index contributed by atoms with van der Waals surface area (Å²) in [6, 6.07) is 5.82. The molecule has 1 aliphatic heterocycles. The second kappa shape index (κ2) is 11.5. The summed E-state index contributed by atoms with van der Waals surface area (Å²) in [5.41, 5.74) is -3.07. The highest BCUT2D eigenvalue weighted by Gasteiger charge is 2.52. The van der Waals surface area contributed by atoms with Gasteiger partial charge < -0.3 is 18.5 Å². The third-order valence-corrected chi connectivity index (χ3v) is 7.08. The van der Waals surface area contributed by atoms with Gasteiger partial charge in [0.15, 0.2) is 11.9 Å². The van der Waals surface area contributed by atoms with Crippen molar-refractivity contribution in [1.82, 2.24) is 14.6 Å². The molecule has 2 heterocycles. The molecule has 14 heteroatoms. The van der Waals surface area contributed by atoms with Crippen LogP contribution in [0.25, 0.3) is 0 Å². The van der Waals surface area contributed by atoms with Crippen LogP contribution in [-0.4, -0.2) is 58.9 Å². The number of nitrogens with one attached hydrogen (secondary N) is 2. The number of esters is 1. The summed E-state index contributed by atoms with van der Waals surface area (Å²) < 4.78 is 59.0. The van der Waals surface area contributed by atoms with E-state index in [0.717, 1.165) is 11.5 Å². The summed E-state index contributed by atoms with van der Waals surface area (Å²) in [6.45, 7) is 4.31. The minimum absolute atomic E-state index is 0.115. The second-order valence-electron chi connectivity index (χ2n) is 8.90. The Morgan fingerprint density at radius 1 is 1.32 bits per heavy atom. The first-order valence-corrected chi connectivity index (χ1v) is 13.6. The Kier molecular flexibility index (Phi) is 9.10. The Labute approximate surface area is 218 Å². The summed E-state index contributed by atoms with van der Waals surface area (Å²) in [4.78, 5) is 27.0. The van der Waals surface area contributed by atoms with Crippen LogP contribution in [0.1, 0.15) is 33.9 Å². The van der Waals surface area contributed by atoms with Crippen molar-refractivity contribution >= 4 is 32.0 Å². The molecular formula is C23H30F2N3O7PS. The van der Waals surface area contributed by atoms with E-state index in [4.69, 9.17) is 35.5 Å². The maximum Gasteiger partial charge on any atom is 0.347 e. The Bertz CT molecular complexity index is 1260. The number of H-pyrrole nitrogens is 1.